The number of aromatic nitrogens is 1. The van der Waals surface area contributed by atoms with Gasteiger partial charge in [0, 0.05) is 23.6 Å². The highest BCUT2D eigenvalue weighted by molar-refractivity contribution is 6.07. The Morgan fingerprint density at radius 1 is 0.962 bits per heavy atom. The lowest BCUT2D eigenvalue weighted by Gasteiger charge is -2.12. The minimum absolute atomic E-state index is 0.165. The quantitative estimate of drug-likeness (QED) is 0.613. The number of H-pyrrole nitrogens is 1. The van der Waals surface area contributed by atoms with Crippen molar-refractivity contribution in [3.63, 3.8) is 0 Å². The molecule has 0 saturated heterocycles. The molecule has 0 unspecified atom stereocenters. The van der Waals surface area contributed by atoms with E-state index in [1.165, 1.54) is 18.2 Å². The smallest absolute Gasteiger partial charge is 0.366 e. The summed E-state index contributed by atoms with van der Waals surface area (Å²) in [6.07, 6.45) is -3.05. The number of hydrogen-bond acceptors (Lipinski definition) is 1. The first-order valence-corrected chi connectivity index (χ1v) is 7.37. The minimum Gasteiger partial charge on any atom is -0.366 e. The van der Waals surface area contributed by atoms with Crippen LogP contribution in [-0.2, 0) is 6.18 Å². The van der Waals surface area contributed by atoms with Crippen molar-refractivity contribution in [1.82, 2.24) is 4.98 Å². The molecule has 0 aliphatic heterocycles. The summed E-state index contributed by atoms with van der Waals surface area (Å²) >= 11 is 0. The molecule has 0 aliphatic rings. The van der Waals surface area contributed by atoms with E-state index in [4.69, 9.17) is 0 Å². The molecule has 8 heteroatoms. The van der Waals surface area contributed by atoms with Gasteiger partial charge in [0.05, 0.1) is 11.1 Å². The highest BCUT2D eigenvalue weighted by Gasteiger charge is 2.36. The van der Waals surface area contributed by atoms with Crippen LogP contribution in [0.4, 0.5) is 27.6 Å². The number of alkyl halides is 3. The molecule has 1 amide bonds. The van der Waals surface area contributed by atoms with Crippen LogP contribution in [0.25, 0.3) is 11.1 Å². The average molecular weight is 366 g/mol. The van der Waals surface area contributed by atoms with E-state index in [9.17, 15) is 26.7 Å². The third-order valence-corrected chi connectivity index (χ3v) is 3.70. The van der Waals surface area contributed by atoms with Gasteiger partial charge in [0.15, 0.2) is 11.6 Å². The number of aromatic amines is 1. The summed E-state index contributed by atoms with van der Waals surface area (Å²) in [5, 5.41) is 2.38. The first-order valence-electron chi connectivity index (χ1n) is 7.37. The first kappa shape index (κ1) is 17.7. The van der Waals surface area contributed by atoms with Gasteiger partial charge in [-0.05, 0) is 23.8 Å². The number of carbonyl (C=O) groups is 1. The molecule has 3 aromatic rings. The van der Waals surface area contributed by atoms with Gasteiger partial charge in [-0.15, -0.1) is 0 Å². The maximum absolute atomic E-state index is 13.5. The van der Waals surface area contributed by atoms with E-state index >= 15 is 0 Å². The van der Waals surface area contributed by atoms with Gasteiger partial charge in [-0.1, -0.05) is 24.3 Å². The van der Waals surface area contributed by atoms with E-state index in [0.717, 1.165) is 18.3 Å². The van der Waals surface area contributed by atoms with Gasteiger partial charge in [-0.25, -0.2) is 8.78 Å². The Hall–Kier alpha value is -3.16. The molecule has 0 radical (unpaired) electrons. The van der Waals surface area contributed by atoms with Crippen molar-refractivity contribution < 1.29 is 26.7 Å². The molecule has 0 bridgehead atoms. The van der Waals surface area contributed by atoms with Crippen molar-refractivity contribution in [1.29, 1.82) is 0 Å². The monoisotopic (exact) mass is 366 g/mol. The third-order valence-electron chi connectivity index (χ3n) is 3.70. The summed E-state index contributed by atoms with van der Waals surface area (Å²) in [7, 11) is 0. The zero-order valence-corrected chi connectivity index (χ0v) is 13.0. The molecule has 0 fully saturated rings. The molecular weight excluding hydrogens is 355 g/mol. The van der Waals surface area contributed by atoms with Crippen molar-refractivity contribution >= 4 is 11.6 Å². The molecule has 2 N–H and O–H groups in total. The Labute approximate surface area is 144 Å². The van der Waals surface area contributed by atoms with Crippen molar-refractivity contribution in [2.24, 2.45) is 0 Å². The molecule has 0 aliphatic carbocycles. The van der Waals surface area contributed by atoms with Gasteiger partial charge < -0.3 is 10.3 Å². The van der Waals surface area contributed by atoms with Crippen LogP contribution in [0.1, 0.15) is 15.9 Å². The number of rotatable bonds is 3. The number of amides is 1. The molecule has 3 nitrogen and oxygen atoms in total. The second kappa shape index (κ2) is 6.62. The highest BCUT2D eigenvalue weighted by atomic mass is 19.4. The third kappa shape index (κ3) is 3.44. The van der Waals surface area contributed by atoms with Crippen LogP contribution >= 0.6 is 0 Å². The second-order valence-corrected chi connectivity index (χ2v) is 5.41. The lowest BCUT2D eigenvalue weighted by atomic mass is 10.0. The van der Waals surface area contributed by atoms with Crippen LogP contribution in [0.5, 0.6) is 0 Å². The van der Waals surface area contributed by atoms with E-state index in [1.807, 2.05) is 0 Å². The maximum atomic E-state index is 13.5. The summed E-state index contributed by atoms with van der Waals surface area (Å²) in [6, 6.07) is 9.32. The Bertz CT molecular complexity index is 962. The highest BCUT2D eigenvalue weighted by Crippen LogP contribution is 2.33. The Morgan fingerprint density at radius 3 is 2.38 bits per heavy atom. The van der Waals surface area contributed by atoms with Crippen molar-refractivity contribution in [3.8, 4) is 11.1 Å². The lowest BCUT2D eigenvalue weighted by Crippen LogP contribution is -2.17. The van der Waals surface area contributed by atoms with Gasteiger partial charge in [0.25, 0.3) is 5.91 Å². The summed E-state index contributed by atoms with van der Waals surface area (Å²) in [4.78, 5) is 14.5. The SMILES string of the molecule is O=C(Nc1ccccc1-c1ccc(F)c(F)c1)c1c[nH]cc1C(F)(F)F. The van der Waals surface area contributed by atoms with Crippen LogP contribution in [0.15, 0.2) is 54.9 Å². The number of halogens is 5. The van der Waals surface area contributed by atoms with E-state index in [-0.39, 0.29) is 11.3 Å². The molecule has 26 heavy (non-hydrogen) atoms. The lowest BCUT2D eigenvalue weighted by molar-refractivity contribution is -0.137. The molecule has 1 aromatic heterocycles. The number of para-hydroxylation sites is 1. The van der Waals surface area contributed by atoms with Crippen LogP contribution in [0.2, 0.25) is 0 Å². The molecule has 0 atom stereocenters. The van der Waals surface area contributed by atoms with Gasteiger partial charge >= 0.3 is 6.18 Å². The van der Waals surface area contributed by atoms with E-state index in [1.54, 1.807) is 12.1 Å². The normalized spacial score (nSPS) is 11.4. The van der Waals surface area contributed by atoms with Crippen molar-refractivity contribution in [2.75, 3.05) is 5.32 Å². The number of anilines is 1. The second-order valence-electron chi connectivity index (χ2n) is 5.41. The van der Waals surface area contributed by atoms with Gasteiger partial charge in [-0.3, -0.25) is 4.79 Å². The zero-order valence-electron chi connectivity index (χ0n) is 13.0. The average Bonchev–Trinajstić information content (AvgIpc) is 3.08. The van der Waals surface area contributed by atoms with Gasteiger partial charge in [0.2, 0.25) is 0 Å². The minimum atomic E-state index is -4.69. The Kier molecular flexibility index (Phi) is 4.50. The topological polar surface area (TPSA) is 44.9 Å². The molecule has 3 rings (SSSR count). The summed E-state index contributed by atoms with van der Waals surface area (Å²) in [5.41, 5.74) is -0.899. The number of hydrogen-bond donors (Lipinski definition) is 2. The van der Waals surface area contributed by atoms with E-state index < -0.39 is 34.8 Å². The van der Waals surface area contributed by atoms with E-state index in [0.29, 0.717) is 11.8 Å². The molecule has 0 spiro atoms. The first-order chi connectivity index (χ1) is 12.3. The van der Waals surface area contributed by atoms with Gasteiger partial charge in [-0.2, -0.15) is 13.2 Å². The molecular formula is C18H11F5N2O. The fourth-order valence-electron chi connectivity index (χ4n) is 2.48. The van der Waals surface area contributed by atoms with Gasteiger partial charge in [0.1, 0.15) is 0 Å². The van der Waals surface area contributed by atoms with Crippen molar-refractivity contribution in [3.05, 3.63) is 77.6 Å². The maximum Gasteiger partial charge on any atom is 0.418 e. The predicted octanol–water partition coefficient (Wildman–Crippen LogP) is 5.23. The fraction of sp³-hybridized carbons (Fsp3) is 0.0556. The Morgan fingerprint density at radius 2 is 1.69 bits per heavy atom. The largest absolute Gasteiger partial charge is 0.418 e. The van der Waals surface area contributed by atoms with Crippen LogP contribution in [-0.4, -0.2) is 10.9 Å². The predicted molar refractivity (Wildman–Crippen MR) is 85.5 cm³/mol. The zero-order chi connectivity index (χ0) is 18.9. The number of nitrogens with one attached hydrogen (secondary N) is 2. The standard InChI is InChI=1S/C18H11F5N2O/c19-14-6-5-10(7-15(14)20)11-3-1-2-4-16(11)25-17(26)12-8-24-9-13(12)18(21,22)23/h1-9,24H,(H,25,26). The number of benzene rings is 2. The molecule has 1 heterocycles. The van der Waals surface area contributed by atoms with Crippen molar-refractivity contribution in [2.45, 2.75) is 6.18 Å². The van der Waals surface area contributed by atoms with E-state index in [2.05, 4.69) is 10.3 Å². The Balaban J connectivity index is 1.96. The summed E-state index contributed by atoms with van der Waals surface area (Å²) < 4.78 is 65.4. The summed E-state index contributed by atoms with van der Waals surface area (Å²) in [5.74, 6) is -3.08. The van der Waals surface area contributed by atoms with Crippen LogP contribution in [0, 0.1) is 11.6 Å². The summed E-state index contributed by atoms with van der Waals surface area (Å²) in [6.45, 7) is 0. The molecule has 2 aromatic carbocycles. The van der Waals surface area contributed by atoms with Crippen LogP contribution < -0.4 is 5.32 Å². The molecule has 0 saturated carbocycles. The molecule has 134 valence electrons. The van der Waals surface area contributed by atoms with Crippen LogP contribution in [0.3, 0.4) is 0 Å². The fourth-order valence-corrected chi connectivity index (χ4v) is 2.48. The number of carbonyl (C=O) groups excluding carboxylic acids is 1.